The molecule has 3 rings (SSSR count). The molecule has 1 aromatic carbocycles. The predicted molar refractivity (Wildman–Crippen MR) is 108 cm³/mol. The number of quaternary nitrogens is 1. The Bertz CT molecular complexity index is 987. The highest BCUT2D eigenvalue weighted by Crippen LogP contribution is 2.19. The average molecular weight is 425 g/mol. The molecule has 1 aliphatic heterocycles. The van der Waals surface area contributed by atoms with Crippen LogP contribution in [0.2, 0.25) is 0 Å². The number of ether oxygens (including phenoxy) is 1. The number of aromatic nitrogens is 3. The number of rotatable bonds is 7. The first-order chi connectivity index (χ1) is 13.4. The van der Waals surface area contributed by atoms with E-state index in [0.29, 0.717) is 49.9 Å². The van der Waals surface area contributed by atoms with Crippen molar-refractivity contribution in [1.82, 2.24) is 18.7 Å². The van der Waals surface area contributed by atoms with Crippen molar-refractivity contribution in [2.75, 3.05) is 33.3 Å². The summed E-state index contributed by atoms with van der Waals surface area (Å²) in [5, 5.41) is 4.52. The van der Waals surface area contributed by atoms with Gasteiger partial charge in [-0.05, 0) is 43.4 Å². The maximum atomic E-state index is 12.9. The molecule has 28 heavy (non-hydrogen) atoms. The summed E-state index contributed by atoms with van der Waals surface area (Å²) in [7, 11) is -1.94. The molecule has 2 heterocycles. The highest BCUT2D eigenvalue weighted by molar-refractivity contribution is 7.89. The Morgan fingerprint density at radius 3 is 2.50 bits per heavy atom. The van der Waals surface area contributed by atoms with Gasteiger partial charge in [0.2, 0.25) is 14.8 Å². The summed E-state index contributed by atoms with van der Waals surface area (Å²) in [6, 6.07) is 6.50. The second kappa shape index (κ2) is 8.56. The first-order valence-corrected chi connectivity index (χ1v) is 10.9. The molecule has 0 spiro atoms. The third-order valence-electron chi connectivity index (χ3n) is 4.92. The second-order valence-electron chi connectivity index (χ2n) is 6.72. The molecular formula is C18H26N5O3S2+. The topological polar surface area (TPSA) is 73.8 Å². The first kappa shape index (κ1) is 20.7. The number of nitrogens with one attached hydrogen (secondary N) is 1. The number of aryl methyl sites for hydroxylation is 1. The van der Waals surface area contributed by atoms with Gasteiger partial charge in [0.15, 0.2) is 6.67 Å². The van der Waals surface area contributed by atoms with Crippen LogP contribution in [-0.4, -0.2) is 60.4 Å². The van der Waals surface area contributed by atoms with Gasteiger partial charge in [-0.2, -0.15) is 14.1 Å². The van der Waals surface area contributed by atoms with Crippen LogP contribution in [0.4, 0.5) is 0 Å². The molecule has 0 aliphatic carbocycles. The number of allylic oxidation sites excluding steroid dienone is 1. The van der Waals surface area contributed by atoms with Crippen LogP contribution < -0.4 is 9.64 Å². The summed E-state index contributed by atoms with van der Waals surface area (Å²) in [5.74, 6) is 1.49. The van der Waals surface area contributed by atoms with Crippen molar-refractivity contribution in [3.63, 3.8) is 0 Å². The zero-order chi connectivity index (χ0) is 20.3. The number of piperazine rings is 1. The van der Waals surface area contributed by atoms with E-state index >= 15 is 0 Å². The number of hydrogen-bond acceptors (Lipinski definition) is 5. The lowest BCUT2D eigenvalue weighted by Crippen LogP contribution is -3.14. The molecule has 0 atom stereocenters. The Hall–Kier alpha value is -2.01. The van der Waals surface area contributed by atoms with E-state index in [4.69, 9.17) is 17.0 Å². The van der Waals surface area contributed by atoms with Gasteiger partial charge in [-0.15, -0.1) is 6.58 Å². The molecule has 2 aromatic rings. The van der Waals surface area contributed by atoms with Crippen LogP contribution >= 0.6 is 12.2 Å². The van der Waals surface area contributed by atoms with Crippen molar-refractivity contribution in [2.45, 2.75) is 25.0 Å². The summed E-state index contributed by atoms with van der Waals surface area (Å²) in [6.45, 7) is 9.25. The summed E-state index contributed by atoms with van der Waals surface area (Å²) in [4.78, 5) is 1.54. The zero-order valence-corrected chi connectivity index (χ0v) is 17.8. The molecule has 8 nitrogen and oxygen atoms in total. The van der Waals surface area contributed by atoms with Gasteiger partial charge in [0, 0.05) is 6.54 Å². The fourth-order valence-electron chi connectivity index (χ4n) is 3.30. The third-order valence-corrected chi connectivity index (χ3v) is 7.26. The molecule has 0 radical (unpaired) electrons. The minimum atomic E-state index is -3.50. The average Bonchev–Trinajstić information content (AvgIpc) is 2.96. The monoisotopic (exact) mass is 424 g/mol. The molecule has 0 unspecified atom stereocenters. The van der Waals surface area contributed by atoms with Crippen LogP contribution in [-0.2, 0) is 23.2 Å². The molecule has 1 N–H and O–H groups in total. The van der Waals surface area contributed by atoms with E-state index in [-0.39, 0.29) is 4.90 Å². The fraction of sp³-hybridized carbons (Fsp3) is 0.444. The van der Waals surface area contributed by atoms with Gasteiger partial charge in [-0.3, -0.25) is 0 Å². The van der Waals surface area contributed by atoms with E-state index in [1.54, 1.807) is 41.8 Å². The largest absolute Gasteiger partial charge is 0.497 e. The lowest BCUT2D eigenvalue weighted by molar-refractivity contribution is -0.926. The standard InChI is InChI=1S/C18H25N5O3S2/c1-4-9-22-15(2)19-23(18(22)27)14-20-10-12-21(13-11-20)28(24,25)17-7-5-16(26-3)6-8-17/h4-8H,1,9-14H2,2-3H3/p+1. The van der Waals surface area contributed by atoms with E-state index in [0.717, 1.165) is 5.82 Å². The number of sulfonamides is 1. The van der Waals surface area contributed by atoms with Crippen molar-refractivity contribution in [3.05, 3.63) is 47.5 Å². The molecule has 1 fully saturated rings. The molecule has 10 heteroatoms. The lowest BCUT2D eigenvalue weighted by atomic mass is 10.3. The van der Waals surface area contributed by atoms with Gasteiger partial charge in [0.05, 0.1) is 38.2 Å². The molecule has 0 amide bonds. The number of hydrogen-bond donors (Lipinski definition) is 1. The van der Waals surface area contributed by atoms with Gasteiger partial charge in [0.1, 0.15) is 11.6 Å². The first-order valence-electron chi connectivity index (χ1n) is 9.09. The quantitative estimate of drug-likeness (QED) is 0.517. The molecule has 0 bridgehead atoms. The molecule has 152 valence electrons. The predicted octanol–water partition coefficient (Wildman–Crippen LogP) is 0.464. The van der Waals surface area contributed by atoms with Crippen LogP contribution in [0.5, 0.6) is 5.75 Å². The highest BCUT2D eigenvalue weighted by Gasteiger charge is 2.30. The summed E-state index contributed by atoms with van der Waals surface area (Å²) >= 11 is 5.50. The van der Waals surface area contributed by atoms with Crippen LogP contribution in [0, 0.1) is 11.7 Å². The van der Waals surface area contributed by atoms with Gasteiger partial charge in [-0.1, -0.05) is 6.08 Å². The smallest absolute Gasteiger partial charge is 0.243 e. The van der Waals surface area contributed by atoms with Crippen LogP contribution in [0.25, 0.3) is 0 Å². The molecular weight excluding hydrogens is 398 g/mol. The van der Waals surface area contributed by atoms with Crippen molar-refractivity contribution < 1.29 is 18.1 Å². The van der Waals surface area contributed by atoms with Gasteiger partial charge < -0.3 is 14.2 Å². The lowest BCUT2D eigenvalue weighted by Gasteiger charge is -2.31. The van der Waals surface area contributed by atoms with Crippen molar-refractivity contribution in [2.24, 2.45) is 0 Å². The minimum absolute atomic E-state index is 0.290. The van der Waals surface area contributed by atoms with Crippen molar-refractivity contribution in [1.29, 1.82) is 0 Å². The van der Waals surface area contributed by atoms with Crippen LogP contribution in [0.3, 0.4) is 0 Å². The normalized spacial score (nSPS) is 16.2. The maximum Gasteiger partial charge on any atom is 0.243 e. The molecule has 1 aliphatic rings. The molecule has 1 saturated heterocycles. The summed E-state index contributed by atoms with van der Waals surface area (Å²) in [6.07, 6.45) is 1.80. The number of benzene rings is 1. The van der Waals surface area contributed by atoms with Crippen LogP contribution in [0.15, 0.2) is 41.8 Å². The van der Waals surface area contributed by atoms with Gasteiger partial charge >= 0.3 is 0 Å². The van der Waals surface area contributed by atoms with E-state index in [9.17, 15) is 8.42 Å². The Morgan fingerprint density at radius 1 is 1.29 bits per heavy atom. The van der Waals surface area contributed by atoms with E-state index in [1.165, 1.54) is 4.90 Å². The SMILES string of the molecule is C=CCn1c(C)nn(C[NH+]2CCN(S(=O)(=O)c3ccc(OC)cc3)CC2)c1=S. The van der Waals surface area contributed by atoms with Crippen molar-refractivity contribution in [3.8, 4) is 5.75 Å². The second-order valence-corrected chi connectivity index (χ2v) is 9.02. The van der Waals surface area contributed by atoms with E-state index in [2.05, 4.69) is 11.7 Å². The summed E-state index contributed by atoms with van der Waals surface area (Å²) < 4.78 is 36.8. The Labute approximate surface area is 170 Å². The zero-order valence-electron chi connectivity index (χ0n) is 16.2. The molecule has 1 aromatic heterocycles. The fourth-order valence-corrected chi connectivity index (χ4v) is 5.05. The van der Waals surface area contributed by atoms with Crippen LogP contribution in [0.1, 0.15) is 5.82 Å². The van der Waals surface area contributed by atoms with Gasteiger partial charge in [0.25, 0.3) is 0 Å². The number of methoxy groups -OCH3 is 1. The number of nitrogens with zero attached hydrogens (tertiary/aromatic N) is 4. The molecule has 0 saturated carbocycles. The Balaban J connectivity index is 1.65. The van der Waals surface area contributed by atoms with Gasteiger partial charge in [-0.25, -0.2) is 8.42 Å². The Kier molecular flexibility index (Phi) is 6.33. The van der Waals surface area contributed by atoms with Crippen molar-refractivity contribution >= 4 is 22.2 Å². The van der Waals surface area contributed by atoms with E-state index in [1.807, 2.05) is 16.2 Å². The highest BCUT2D eigenvalue weighted by atomic mass is 32.2. The Morgan fingerprint density at radius 2 is 1.93 bits per heavy atom. The third kappa shape index (κ3) is 4.19. The minimum Gasteiger partial charge on any atom is -0.497 e. The van der Waals surface area contributed by atoms with E-state index < -0.39 is 10.0 Å². The maximum absolute atomic E-state index is 12.9. The summed E-state index contributed by atoms with van der Waals surface area (Å²) in [5.41, 5.74) is 0.